The number of carbonyl (C=O) groups is 1. The van der Waals surface area contributed by atoms with Crippen molar-refractivity contribution in [3.63, 3.8) is 0 Å². The minimum atomic E-state index is -1.81. The number of aryl methyl sites for hydroxylation is 1. The summed E-state index contributed by atoms with van der Waals surface area (Å²) < 4.78 is 20.6. The quantitative estimate of drug-likeness (QED) is 0.197. The summed E-state index contributed by atoms with van der Waals surface area (Å²) in [5, 5.41) is 15.1. The van der Waals surface area contributed by atoms with Gasteiger partial charge in [-0.3, -0.25) is 9.36 Å². The van der Waals surface area contributed by atoms with Crippen LogP contribution in [0, 0.1) is 6.92 Å². The van der Waals surface area contributed by atoms with Crippen LogP contribution < -0.4 is 11.2 Å². The van der Waals surface area contributed by atoms with Crippen molar-refractivity contribution in [2.24, 2.45) is 0 Å². The number of ether oxygens (including phenoxy) is 3. The molecule has 0 aliphatic rings. The molecule has 0 aliphatic carbocycles. The summed E-state index contributed by atoms with van der Waals surface area (Å²) in [4.78, 5) is 40.2. The molecule has 12 heteroatoms. The minimum Gasteiger partial charge on any atom is -0.501 e. The molecular weight excluding hydrogens is 512 g/mol. The number of rotatable bonds is 13. The first kappa shape index (κ1) is 29.1. The van der Waals surface area contributed by atoms with E-state index < -0.39 is 28.9 Å². The van der Waals surface area contributed by atoms with Gasteiger partial charge >= 0.3 is 11.7 Å². The van der Waals surface area contributed by atoms with Gasteiger partial charge < -0.3 is 19.3 Å². The standard InChI is InChI=1S/C26H34N4O7S/c1-8-17(18(9-2)36-7)19(37-14-13-35-6)15-28-23-20(16(3)22(38-23)29-12-10-11-27-29)21(31)30(25(28)34)26(4,5)24(32)33/h8,10-12,19H,1,9,13-15H2,2-7H3,(H,32,33)/b18-17-/t19-/m0/s1. The average molecular weight is 547 g/mol. The van der Waals surface area contributed by atoms with Crippen LogP contribution in [0.5, 0.6) is 0 Å². The van der Waals surface area contributed by atoms with E-state index in [1.165, 1.54) is 29.8 Å². The molecule has 0 fully saturated rings. The number of aliphatic carboxylic acids is 1. The Labute approximate surface area is 224 Å². The lowest BCUT2D eigenvalue weighted by atomic mass is 10.0. The lowest BCUT2D eigenvalue weighted by Crippen LogP contribution is -2.53. The molecule has 1 atom stereocenters. The molecule has 0 aromatic carbocycles. The van der Waals surface area contributed by atoms with Crippen LogP contribution in [0.4, 0.5) is 0 Å². The molecule has 0 bridgehead atoms. The monoisotopic (exact) mass is 546 g/mol. The third kappa shape index (κ3) is 5.24. The zero-order valence-corrected chi connectivity index (χ0v) is 23.3. The van der Waals surface area contributed by atoms with Crippen LogP contribution in [-0.4, -0.2) is 63.5 Å². The summed E-state index contributed by atoms with van der Waals surface area (Å²) in [7, 11) is 3.10. The summed E-state index contributed by atoms with van der Waals surface area (Å²) in [5.74, 6) is -0.680. The molecule has 0 amide bonds. The largest absolute Gasteiger partial charge is 0.501 e. The zero-order valence-electron chi connectivity index (χ0n) is 22.5. The number of thiophene rings is 1. The zero-order chi connectivity index (χ0) is 28.2. The predicted octanol–water partition coefficient (Wildman–Crippen LogP) is 3.07. The fourth-order valence-electron chi connectivity index (χ4n) is 4.26. The van der Waals surface area contributed by atoms with Gasteiger partial charge in [0, 0.05) is 37.1 Å². The molecule has 3 heterocycles. The summed E-state index contributed by atoms with van der Waals surface area (Å²) in [5.41, 5.74) is -2.02. The first-order valence-electron chi connectivity index (χ1n) is 12.1. The highest BCUT2D eigenvalue weighted by atomic mass is 32.1. The Balaban J connectivity index is 2.39. The topological polar surface area (TPSA) is 127 Å². The minimum absolute atomic E-state index is 0.0261. The van der Waals surface area contributed by atoms with Gasteiger partial charge in [-0.05, 0) is 26.8 Å². The van der Waals surface area contributed by atoms with Gasteiger partial charge in [-0.2, -0.15) is 5.10 Å². The van der Waals surface area contributed by atoms with Crippen molar-refractivity contribution < 1.29 is 24.1 Å². The second kappa shape index (κ2) is 11.9. The lowest BCUT2D eigenvalue weighted by Gasteiger charge is -2.26. The normalized spacial score (nSPS) is 13.4. The summed E-state index contributed by atoms with van der Waals surface area (Å²) >= 11 is 1.22. The fraction of sp³-hybridized carbons (Fsp3) is 0.462. The van der Waals surface area contributed by atoms with Gasteiger partial charge in [-0.1, -0.05) is 30.9 Å². The fourth-order valence-corrected chi connectivity index (χ4v) is 5.51. The van der Waals surface area contributed by atoms with Gasteiger partial charge in [-0.25, -0.2) is 18.8 Å². The van der Waals surface area contributed by atoms with Crippen LogP contribution in [-0.2, 0) is 31.1 Å². The molecule has 0 saturated carbocycles. The third-order valence-electron chi connectivity index (χ3n) is 6.39. The Morgan fingerprint density at radius 1 is 1.29 bits per heavy atom. The van der Waals surface area contributed by atoms with E-state index >= 15 is 0 Å². The highest BCUT2D eigenvalue weighted by Gasteiger charge is 2.36. The number of hydrogen-bond acceptors (Lipinski definition) is 8. The number of carboxylic acid groups (broad SMARTS) is 1. The number of aromatic nitrogens is 4. The molecule has 3 aromatic rings. The number of allylic oxidation sites excluding steroid dienone is 1. The van der Waals surface area contributed by atoms with Gasteiger partial charge in [0.1, 0.15) is 27.2 Å². The average Bonchev–Trinajstić information content (AvgIpc) is 3.52. The molecule has 3 aromatic heterocycles. The highest BCUT2D eigenvalue weighted by molar-refractivity contribution is 7.21. The molecule has 0 unspecified atom stereocenters. The molecule has 0 aliphatic heterocycles. The van der Waals surface area contributed by atoms with Crippen LogP contribution >= 0.6 is 11.3 Å². The molecule has 1 N–H and O–H groups in total. The molecule has 11 nitrogen and oxygen atoms in total. The van der Waals surface area contributed by atoms with Crippen LogP contribution in [0.1, 0.15) is 32.8 Å². The number of carboxylic acids is 1. The maximum absolute atomic E-state index is 13.9. The first-order valence-corrected chi connectivity index (χ1v) is 12.9. The second-order valence-corrected chi connectivity index (χ2v) is 10.0. The van der Waals surface area contributed by atoms with Crippen molar-refractivity contribution in [1.82, 2.24) is 18.9 Å². The molecular formula is C26H34N4O7S. The molecule has 0 saturated heterocycles. The highest BCUT2D eigenvalue weighted by Crippen LogP contribution is 2.32. The van der Waals surface area contributed by atoms with Crippen LogP contribution in [0.3, 0.4) is 0 Å². The SMILES string of the molecule is C=C/C(=C(\CC)OC)[C@H](Cn1c(=O)n(C(C)(C)C(=O)O)c(=O)c2c(C)c(-n3cccn3)sc21)OCCOC. The van der Waals surface area contributed by atoms with Gasteiger partial charge in [0.2, 0.25) is 0 Å². The Hall–Kier alpha value is -3.48. The van der Waals surface area contributed by atoms with E-state index in [0.29, 0.717) is 39.8 Å². The Kier molecular flexibility index (Phi) is 9.13. The van der Waals surface area contributed by atoms with Crippen molar-refractivity contribution in [2.45, 2.75) is 52.3 Å². The lowest BCUT2D eigenvalue weighted by molar-refractivity contribution is -0.146. The number of methoxy groups -OCH3 is 2. The third-order valence-corrected chi connectivity index (χ3v) is 7.70. The summed E-state index contributed by atoms with van der Waals surface area (Å²) in [6, 6.07) is 1.75. The maximum atomic E-state index is 13.9. The first-order chi connectivity index (χ1) is 18.0. The van der Waals surface area contributed by atoms with Crippen molar-refractivity contribution in [3.8, 4) is 5.00 Å². The van der Waals surface area contributed by atoms with Gasteiger partial charge in [0.25, 0.3) is 5.56 Å². The van der Waals surface area contributed by atoms with Crippen molar-refractivity contribution in [2.75, 3.05) is 27.4 Å². The van der Waals surface area contributed by atoms with Crippen LogP contribution in [0.15, 0.2) is 52.0 Å². The Morgan fingerprint density at radius 2 is 2.00 bits per heavy atom. The Bertz CT molecular complexity index is 1460. The van der Waals surface area contributed by atoms with Crippen LogP contribution in [0.25, 0.3) is 15.2 Å². The van der Waals surface area contributed by atoms with Crippen LogP contribution in [0.2, 0.25) is 0 Å². The van der Waals surface area contributed by atoms with E-state index in [1.54, 1.807) is 50.4 Å². The summed E-state index contributed by atoms with van der Waals surface area (Å²) in [6.07, 6.45) is 4.82. The van der Waals surface area contributed by atoms with E-state index in [-0.39, 0.29) is 18.5 Å². The van der Waals surface area contributed by atoms with Gasteiger partial charge in [0.15, 0.2) is 0 Å². The van der Waals surface area contributed by atoms with E-state index in [0.717, 1.165) is 4.57 Å². The van der Waals surface area contributed by atoms with Gasteiger partial charge in [0.05, 0.1) is 32.3 Å². The van der Waals surface area contributed by atoms with Crippen molar-refractivity contribution in [3.05, 3.63) is 68.8 Å². The summed E-state index contributed by atoms with van der Waals surface area (Å²) in [6.45, 7) is 10.8. The Morgan fingerprint density at radius 3 is 2.53 bits per heavy atom. The second-order valence-electron chi connectivity index (χ2n) is 9.05. The van der Waals surface area contributed by atoms with Crippen molar-refractivity contribution >= 4 is 27.5 Å². The molecule has 0 spiro atoms. The number of nitrogens with zero attached hydrogens (tertiary/aromatic N) is 4. The smallest absolute Gasteiger partial charge is 0.333 e. The molecule has 3 rings (SSSR count). The van der Waals surface area contributed by atoms with E-state index in [2.05, 4.69) is 11.7 Å². The van der Waals surface area contributed by atoms with E-state index in [1.807, 2.05) is 6.92 Å². The molecule has 206 valence electrons. The van der Waals surface area contributed by atoms with E-state index in [9.17, 15) is 19.5 Å². The predicted molar refractivity (Wildman–Crippen MR) is 145 cm³/mol. The number of hydrogen-bond donors (Lipinski definition) is 1. The van der Waals surface area contributed by atoms with Gasteiger partial charge in [-0.15, -0.1) is 0 Å². The van der Waals surface area contributed by atoms with Crippen molar-refractivity contribution in [1.29, 1.82) is 0 Å². The van der Waals surface area contributed by atoms with E-state index in [4.69, 9.17) is 14.2 Å². The molecule has 0 radical (unpaired) electrons. The maximum Gasteiger partial charge on any atom is 0.333 e. The molecule has 38 heavy (non-hydrogen) atoms. The number of fused-ring (bicyclic) bond motifs is 1.